The zero-order valence-electron chi connectivity index (χ0n) is 19.1. The number of nitrogens with zero attached hydrogens (tertiary/aromatic N) is 2. The number of para-hydroxylation sites is 1. The Labute approximate surface area is 208 Å². The highest BCUT2D eigenvalue weighted by Gasteiger charge is 2.76. The number of thioether (sulfide) groups is 1. The summed E-state index contributed by atoms with van der Waals surface area (Å²) in [6.07, 6.45) is 3.81. The lowest BCUT2D eigenvalue weighted by atomic mass is 9.66. The van der Waals surface area contributed by atoms with Gasteiger partial charge in [-0.05, 0) is 24.5 Å². The van der Waals surface area contributed by atoms with Crippen LogP contribution in [-0.2, 0) is 19.1 Å². The van der Waals surface area contributed by atoms with Crippen LogP contribution in [0.3, 0.4) is 0 Å². The summed E-state index contributed by atoms with van der Waals surface area (Å²) in [5.74, 6) is -2.34. The van der Waals surface area contributed by atoms with Gasteiger partial charge in [0.15, 0.2) is 0 Å². The van der Waals surface area contributed by atoms with E-state index in [2.05, 4.69) is 13.2 Å². The average Bonchev–Trinajstić information content (AvgIpc) is 3.40. The van der Waals surface area contributed by atoms with Gasteiger partial charge >= 0.3 is 5.97 Å². The van der Waals surface area contributed by atoms with Crippen LogP contribution in [0.2, 0.25) is 5.02 Å². The van der Waals surface area contributed by atoms with Gasteiger partial charge in [-0.25, -0.2) is 0 Å². The first-order chi connectivity index (χ1) is 16.3. The molecular weight excluding hydrogens is 476 g/mol. The first-order valence-corrected chi connectivity index (χ1v) is 12.6. The first kappa shape index (κ1) is 24.8. The molecule has 2 amide bonds. The zero-order valence-corrected chi connectivity index (χ0v) is 20.6. The fourth-order valence-electron chi connectivity index (χ4n) is 5.91. The monoisotopic (exact) mass is 504 g/mol. The van der Waals surface area contributed by atoms with Crippen molar-refractivity contribution in [3.8, 4) is 0 Å². The van der Waals surface area contributed by atoms with Gasteiger partial charge in [0.05, 0.1) is 33.9 Å². The van der Waals surface area contributed by atoms with Crippen molar-refractivity contribution in [2.45, 2.75) is 29.4 Å². The number of fused-ring (bicyclic) bond motifs is 1. The lowest BCUT2D eigenvalue weighted by Gasteiger charge is -2.40. The molecule has 6 atom stereocenters. The second-order valence-electron chi connectivity index (χ2n) is 8.92. The van der Waals surface area contributed by atoms with Crippen molar-refractivity contribution in [3.63, 3.8) is 0 Å². The van der Waals surface area contributed by atoms with Gasteiger partial charge in [-0.15, -0.1) is 18.3 Å². The fraction of sp³-hybridized carbons (Fsp3) is 0.480. The minimum absolute atomic E-state index is 0.00428. The largest absolute Gasteiger partial charge is 0.461 e. The van der Waals surface area contributed by atoms with Crippen LogP contribution in [0, 0.1) is 17.8 Å². The molecule has 0 aromatic heterocycles. The van der Waals surface area contributed by atoms with Crippen molar-refractivity contribution >= 4 is 46.8 Å². The third kappa shape index (κ3) is 3.67. The molecule has 3 aliphatic heterocycles. The van der Waals surface area contributed by atoms with E-state index in [1.165, 1.54) is 11.0 Å². The van der Waals surface area contributed by atoms with Crippen LogP contribution in [0.15, 0.2) is 49.6 Å². The van der Waals surface area contributed by atoms with E-state index in [1.807, 2.05) is 6.92 Å². The number of ether oxygens (including phenoxy) is 1. The summed E-state index contributed by atoms with van der Waals surface area (Å²) in [6, 6.07) is 6.18. The number of anilines is 1. The molecule has 3 aliphatic rings. The van der Waals surface area contributed by atoms with Crippen LogP contribution < -0.4 is 4.90 Å². The number of β-amino-alcohol motifs (C(OH)–C–C–N with tert-alkyl or cyclic N) is 1. The van der Waals surface area contributed by atoms with E-state index < -0.39 is 28.6 Å². The second kappa shape index (κ2) is 9.76. The van der Waals surface area contributed by atoms with Gasteiger partial charge in [0.2, 0.25) is 5.91 Å². The SMILES string of the molecule is C=CCOC(=O)[C@@H]1[C@H]2C(=O)N(CCO)C(C(=O)N(CC=C)c3ccccc3Cl)C23S[C@@H]1CC3C. The Morgan fingerprint density at radius 3 is 2.74 bits per heavy atom. The summed E-state index contributed by atoms with van der Waals surface area (Å²) in [4.78, 5) is 44.0. The van der Waals surface area contributed by atoms with Crippen molar-refractivity contribution in [1.82, 2.24) is 4.90 Å². The number of esters is 1. The number of likely N-dealkylation sites (tertiary alicyclic amines) is 1. The maximum Gasteiger partial charge on any atom is 0.311 e. The maximum absolute atomic E-state index is 14.2. The summed E-state index contributed by atoms with van der Waals surface area (Å²) < 4.78 is 4.56. The molecule has 1 spiro atoms. The number of aliphatic hydroxyl groups excluding tert-OH is 1. The van der Waals surface area contributed by atoms with Crippen LogP contribution in [-0.4, -0.2) is 70.1 Å². The van der Waals surface area contributed by atoms with E-state index in [-0.39, 0.29) is 49.3 Å². The Morgan fingerprint density at radius 2 is 2.09 bits per heavy atom. The van der Waals surface area contributed by atoms with E-state index in [0.717, 1.165) is 0 Å². The molecule has 0 saturated carbocycles. The molecule has 1 aromatic rings. The summed E-state index contributed by atoms with van der Waals surface area (Å²) in [5, 5.41) is 10.1. The quantitative estimate of drug-likeness (QED) is 0.411. The van der Waals surface area contributed by atoms with E-state index in [4.69, 9.17) is 16.3 Å². The molecule has 7 nitrogen and oxygen atoms in total. The Hall–Kier alpha value is -2.29. The second-order valence-corrected chi connectivity index (χ2v) is 10.9. The number of hydrogen-bond donors (Lipinski definition) is 1. The molecule has 9 heteroatoms. The zero-order chi connectivity index (χ0) is 24.6. The molecular formula is C25H29ClN2O5S. The van der Waals surface area contributed by atoms with Crippen molar-refractivity contribution in [2.75, 3.05) is 31.2 Å². The van der Waals surface area contributed by atoms with Crippen molar-refractivity contribution in [3.05, 3.63) is 54.6 Å². The van der Waals surface area contributed by atoms with Crippen LogP contribution >= 0.6 is 23.4 Å². The average molecular weight is 505 g/mol. The lowest BCUT2D eigenvalue weighted by Crippen LogP contribution is -2.57. The van der Waals surface area contributed by atoms with Gasteiger partial charge in [-0.3, -0.25) is 14.4 Å². The molecule has 3 saturated heterocycles. The van der Waals surface area contributed by atoms with Crippen LogP contribution in [0.25, 0.3) is 0 Å². The topological polar surface area (TPSA) is 87.1 Å². The van der Waals surface area contributed by atoms with Crippen LogP contribution in [0.5, 0.6) is 0 Å². The molecule has 34 heavy (non-hydrogen) atoms. The molecule has 3 unspecified atom stereocenters. The molecule has 182 valence electrons. The number of aliphatic hydroxyl groups is 1. The molecule has 3 heterocycles. The van der Waals surface area contributed by atoms with Gasteiger partial charge < -0.3 is 19.6 Å². The van der Waals surface area contributed by atoms with Gasteiger partial charge in [-0.2, -0.15) is 0 Å². The summed E-state index contributed by atoms with van der Waals surface area (Å²) in [5.41, 5.74) is 0.525. The highest BCUT2D eigenvalue weighted by Crippen LogP contribution is 2.68. The Morgan fingerprint density at radius 1 is 1.35 bits per heavy atom. The number of benzene rings is 1. The molecule has 0 radical (unpaired) electrons. The van der Waals surface area contributed by atoms with Crippen LogP contribution in [0.4, 0.5) is 5.69 Å². The van der Waals surface area contributed by atoms with Crippen molar-refractivity contribution < 1.29 is 24.2 Å². The molecule has 1 N–H and O–H groups in total. The molecule has 4 rings (SSSR count). The summed E-state index contributed by atoms with van der Waals surface area (Å²) >= 11 is 7.99. The molecule has 1 aromatic carbocycles. The van der Waals surface area contributed by atoms with Crippen molar-refractivity contribution in [1.29, 1.82) is 0 Å². The third-order valence-corrected chi connectivity index (χ3v) is 9.55. The number of carbonyl (C=O) groups is 3. The lowest BCUT2D eigenvalue weighted by molar-refractivity contribution is -0.153. The van der Waals surface area contributed by atoms with Gasteiger partial charge in [0, 0.05) is 18.3 Å². The third-order valence-electron chi connectivity index (χ3n) is 7.16. The summed E-state index contributed by atoms with van der Waals surface area (Å²) in [6.45, 7) is 9.40. The van der Waals surface area contributed by atoms with Gasteiger partial charge in [0.1, 0.15) is 12.6 Å². The van der Waals surface area contributed by atoms with E-state index >= 15 is 0 Å². The number of hydrogen-bond acceptors (Lipinski definition) is 6. The smallest absolute Gasteiger partial charge is 0.311 e. The molecule has 0 aliphatic carbocycles. The maximum atomic E-state index is 14.2. The molecule has 3 fully saturated rings. The van der Waals surface area contributed by atoms with Gasteiger partial charge in [-0.1, -0.05) is 49.4 Å². The van der Waals surface area contributed by atoms with E-state index in [0.29, 0.717) is 17.1 Å². The normalized spacial score (nSPS) is 31.3. The van der Waals surface area contributed by atoms with E-state index in [1.54, 1.807) is 47.0 Å². The highest BCUT2D eigenvalue weighted by atomic mass is 35.5. The number of rotatable bonds is 9. The Balaban J connectivity index is 1.79. The van der Waals surface area contributed by atoms with E-state index in [9.17, 15) is 19.5 Å². The number of amides is 2. The first-order valence-electron chi connectivity index (χ1n) is 11.4. The summed E-state index contributed by atoms with van der Waals surface area (Å²) in [7, 11) is 0. The Bertz CT molecular complexity index is 1020. The number of halogens is 1. The highest BCUT2D eigenvalue weighted by molar-refractivity contribution is 8.02. The van der Waals surface area contributed by atoms with Crippen LogP contribution in [0.1, 0.15) is 13.3 Å². The Kier molecular flexibility index (Phi) is 7.12. The predicted molar refractivity (Wildman–Crippen MR) is 133 cm³/mol. The minimum Gasteiger partial charge on any atom is -0.461 e. The predicted octanol–water partition coefficient (Wildman–Crippen LogP) is 2.92. The molecule has 2 bridgehead atoms. The minimum atomic E-state index is -0.851. The number of carbonyl (C=O) groups excluding carboxylic acids is 3. The fourth-order valence-corrected chi connectivity index (χ4v) is 8.55. The standard InChI is InChI=1S/C25H29ClN2O5S/c1-4-10-27(17-9-7-6-8-16(17)26)23(31)21-25-15(3)14-18(34-25)19(24(32)33-13-5-2)20(25)22(30)28(21)11-12-29/h4-9,15,18-21,29H,1-2,10-14H2,3H3/t15?,18-,19+,20+,21?,25?/m1/s1. The van der Waals surface area contributed by atoms with Crippen molar-refractivity contribution in [2.24, 2.45) is 17.8 Å². The van der Waals surface area contributed by atoms with Gasteiger partial charge in [0.25, 0.3) is 5.91 Å².